The largest absolute Gasteiger partial charge is 0.326 e. The Kier molecular flexibility index (Phi) is 4.81. The van der Waals surface area contributed by atoms with E-state index in [0.29, 0.717) is 23.2 Å². The number of nitrogens with zero attached hydrogens (tertiary/aromatic N) is 1. The van der Waals surface area contributed by atoms with E-state index in [-0.39, 0.29) is 35.7 Å². The Morgan fingerprint density at radius 2 is 1.72 bits per heavy atom. The van der Waals surface area contributed by atoms with Gasteiger partial charge < -0.3 is 5.32 Å². The Bertz CT molecular complexity index is 834. The number of amides is 3. The van der Waals surface area contributed by atoms with Gasteiger partial charge in [-0.1, -0.05) is 23.7 Å². The van der Waals surface area contributed by atoms with Crippen molar-refractivity contribution in [2.24, 2.45) is 0 Å². The van der Waals surface area contributed by atoms with Crippen LogP contribution < -0.4 is 5.32 Å². The number of halogens is 2. The normalized spacial score (nSPS) is 13.1. The van der Waals surface area contributed by atoms with Gasteiger partial charge in [-0.15, -0.1) is 0 Å². The molecule has 5 nitrogen and oxygen atoms in total. The minimum absolute atomic E-state index is 0.0798. The van der Waals surface area contributed by atoms with Gasteiger partial charge in [0.25, 0.3) is 11.8 Å². The van der Waals surface area contributed by atoms with Gasteiger partial charge in [0.1, 0.15) is 5.82 Å². The van der Waals surface area contributed by atoms with Gasteiger partial charge in [-0.05, 0) is 36.8 Å². The zero-order valence-corrected chi connectivity index (χ0v) is 13.8. The summed E-state index contributed by atoms with van der Waals surface area (Å²) < 4.78 is 13.1. The Balaban J connectivity index is 1.53. The molecule has 7 heteroatoms. The van der Waals surface area contributed by atoms with E-state index in [1.54, 1.807) is 24.3 Å². The Morgan fingerprint density at radius 1 is 1.08 bits per heavy atom. The van der Waals surface area contributed by atoms with E-state index in [1.807, 2.05) is 0 Å². The number of fused-ring (bicyclic) bond motifs is 1. The van der Waals surface area contributed by atoms with Crippen LogP contribution >= 0.6 is 11.6 Å². The molecule has 2 aromatic rings. The lowest BCUT2D eigenvalue weighted by atomic mass is 10.1. The molecule has 25 heavy (non-hydrogen) atoms. The topological polar surface area (TPSA) is 66.5 Å². The molecular formula is C18H14ClFN2O3. The molecule has 0 saturated carbocycles. The van der Waals surface area contributed by atoms with Crippen molar-refractivity contribution in [1.82, 2.24) is 4.90 Å². The van der Waals surface area contributed by atoms with Crippen LogP contribution in [-0.2, 0) is 4.79 Å². The summed E-state index contributed by atoms with van der Waals surface area (Å²) >= 11 is 5.66. The number of hydrogen-bond acceptors (Lipinski definition) is 3. The maximum absolute atomic E-state index is 13.1. The first-order valence-electron chi connectivity index (χ1n) is 7.67. The molecule has 0 unspecified atom stereocenters. The van der Waals surface area contributed by atoms with Crippen molar-refractivity contribution in [2.75, 3.05) is 11.9 Å². The molecule has 0 fully saturated rings. The van der Waals surface area contributed by atoms with Crippen LogP contribution in [-0.4, -0.2) is 29.2 Å². The molecule has 128 valence electrons. The van der Waals surface area contributed by atoms with Gasteiger partial charge in [0.2, 0.25) is 5.91 Å². The zero-order valence-electron chi connectivity index (χ0n) is 13.1. The number of hydrogen-bond donors (Lipinski definition) is 1. The third-order valence-corrected chi connectivity index (χ3v) is 4.16. The molecule has 1 N–H and O–H groups in total. The van der Waals surface area contributed by atoms with Gasteiger partial charge in [0, 0.05) is 18.7 Å². The fourth-order valence-electron chi connectivity index (χ4n) is 2.64. The quantitative estimate of drug-likeness (QED) is 0.830. The highest BCUT2D eigenvalue weighted by Crippen LogP contribution is 2.23. The van der Waals surface area contributed by atoms with Crippen molar-refractivity contribution < 1.29 is 18.8 Å². The minimum Gasteiger partial charge on any atom is -0.326 e. The second kappa shape index (κ2) is 7.03. The predicted octanol–water partition coefficient (Wildman–Crippen LogP) is 3.49. The molecule has 0 spiro atoms. The third kappa shape index (κ3) is 3.53. The number of carbonyl (C=O) groups excluding carboxylic acids is 3. The van der Waals surface area contributed by atoms with Crippen LogP contribution in [0.5, 0.6) is 0 Å². The summed E-state index contributed by atoms with van der Waals surface area (Å²) in [6.45, 7) is 0.157. The lowest BCUT2D eigenvalue weighted by Gasteiger charge is -2.13. The number of rotatable bonds is 5. The highest BCUT2D eigenvalue weighted by Gasteiger charge is 2.34. The van der Waals surface area contributed by atoms with Crippen LogP contribution in [0.1, 0.15) is 33.6 Å². The van der Waals surface area contributed by atoms with Gasteiger partial charge in [0.15, 0.2) is 0 Å². The molecule has 2 aromatic carbocycles. The number of imide groups is 1. The molecule has 1 heterocycles. The third-order valence-electron chi connectivity index (χ3n) is 3.87. The Hall–Kier alpha value is -2.73. The second-order valence-corrected chi connectivity index (χ2v) is 6.00. The van der Waals surface area contributed by atoms with Crippen LogP contribution in [0.3, 0.4) is 0 Å². The predicted molar refractivity (Wildman–Crippen MR) is 91.1 cm³/mol. The molecule has 0 bridgehead atoms. The lowest BCUT2D eigenvalue weighted by Crippen LogP contribution is -2.31. The summed E-state index contributed by atoms with van der Waals surface area (Å²) in [5, 5.41) is 2.52. The first-order valence-corrected chi connectivity index (χ1v) is 8.05. The average molecular weight is 361 g/mol. The lowest BCUT2D eigenvalue weighted by molar-refractivity contribution is -0.116. The van der Waals surface area contributed by atoms with Crippen LogP contribution in [0, 0.1) is 5.82 Å². The highest BCUT2D eigenvalue weighted by molar-refractivity contribution is 6.31. The fourth-order valence-corrected chi connectivity index (χ4v) is 2.82. The van der Waals surface area contributed by atoms with Crippen LogP contribution in [0.4, 0.5) is 10.1 Å². The van der Waals surface area contributed by atoms with Crippen molar-refractivity contribution >= 4 is 35.0 Å². The molecule has 0 saturated heterocycles. The van der Waals surface area contributed by atoms with E-state index in [2.05, 4.69) is 5.32 Å². The van der Waals surface area contributed by atoms with Gasteiger partial charge in [0.05, 0.1) is 16.1 Å². The molecule has 3 amide bonds. The van der Waals surface area contributed by atoms with Crippen molar-refractivity contribution in [1.29, 1.82) is 0 Å². The van der Waals surface area contributed by atoms with Gasteiger partial charge in [-0.3, -0.25) is 19.3 Å². The van der Waals surface area contributed by atoms with Gasteiger partial charge in [-0.2, -0.15) is 0 Å². The minimum atomic E-state index is -0.565. The molecule has 1 aliphatic heterocycles. The molecule has 0 radical (unpaired) electrons. The standard InChI is InChI=1S/C18H14ClFN2O3/c19-14-10-11(7-8-15(14)20)21-16(23)6-3-9-22-17(24)12-4-1-2-5-13(12)18(22)25/h1-2,4-5,7-8,10H,3,6,9H2,(H,21,23). The average Bonchev–Trinajstić information content (AvgIpc) is 2.83. The summed E-state index contributed by atoms with van der Waals surface area (Å²) in [6, 6.07) is 10.5. The molecule has 3 rings (SSSR count). The summed E-state index contributed by atoms with van der Waals surface area (Å²) in [6.07, 6.45) is 0.439. The van der Waals surface area contributed by atoms with Crippen molar-refractivity contribution in [3.8, 4) is 0 Å². The first kappa shape index (κ1) is 17.1. The van der Waals surface area contributed by atoms with Crippen LogP contribution in [0.25, 0.3) is 0 Å². The summed E-state index contributed by atoms with van der Waals surface area (Å²) in [4.78, 5) is 37.5. The van der Waals surface area contributed by atoms with Gasteiger partial charge >= 0.3 is 0 Å². The first-order chi connectivity index (χ1) is 12.0. The SMILES string of the molecule is O=C(CCCN1C(=O)c2ccccc2C1=O)Nc1ccc(F)c(Cl)c1. The van der Waals surface area contributed by atoms with Crippen molar-refractivity contribution in [3.05, 3.63) is 64.4 Å². The summed E-state index contributed by atoms with van der Waals surface area (Å²) in [5.74, 6) is -1.55. The van der Waals surface area contributed by atoms with Crippen molar-refractivity contribution in [3.63, 3.8) is 0 Å². The van der Waals surface area contributed by atoms with E-state index in [1.165, 1.54) is 12.1 Å². The number of benzene rings is 2. The van der Waals surface area contributed by atoms with E-state index < -0.39 is 5.82 Å². The molecule has 0 aromatic heterocycles. The molecule has 1 aliphatic rings. The smallest absolute Gasteiger partial charge is 0.261 e. The summed E-state index contributed by atoms with van der Waals surface area (Å²) in [7, 11) is 0. The molecule has 0 aliphatic carbocycles. The van der Waals surface area contributed by atoms with E-state index in [4.69, 9.17) is 11.6 Å². The van der Waals surface area contributed by atoms with Crippen LogP contribution in [0.15, 0.2) is 42.5 Å². The Labute approximate surface area is 148 Å². The molecule has 0 atom stereocenters. The maximum atomic E-state index is 13.1. The number of anilines is 1. The highest BCUT2D eigenvalue weighted by atomic mass is 35.5. The van der Waals surface area contributed by atoms with E-state index >= 15 is 0 Å². The van der Waals surface area contributed by atoms with E-state index in [0.717, 1.165) is 11.0 Å². The Morgan fingerprint density at radius 3 is 2.32 bits per heavy atom. The maximum Gasteiger partial charge on any atom is 0.261 e. The van der Waals surface area contributed by atoms with Gasteiger partial charge in [-0.25, -0.2) is 4.39 Å². The fraction of sp³-hybridized carbons (Fsp3) is 0.167. The number of carbonyl (C=O) groups is 3. The number of nitrogens with one attached hydrogen (secondary N) is 1. The van der Waals surface area contributed by atoms with Crippen molar-refractivity contribution in [2.45, 2.75) is 12.8 Å². The monoisotopic (exact) mass is 360 g/mol. The second-order valence-electron chi connectivity index (χ2n) is 5.59. The van der Waals surface area contributed by atoms with Crippen LogP contribution in [0.2, 0.25) is 5.02 Å². The summed E-state index contributed by atoms with van der Waals surface area (Å²) in [5.41, 5.74) is 1.16. The molecular weight excluding hydrogens is 347 g/mol. The zero-order chi connectivity index (χ0) is 18.0. The van der Waals surface area contributed by atoms with E-state index in [9.17, 15) is 18.8 Å².